The van der Waals surface area contributed by atoms with E-state index in [0.717, 1.165) is 18.9 Å². The van der Waals surface area contributed by atoms with Gasteiger partial charge < -0.3 is 4.90 Å². The van der Waals surface area contributed by atoms with Crippen molar-refractivity contribution in [2.75, 3.05) is 18.0 Å². The SMILES string of the molecule is c1ccc2c(c1)C1=NCCN1c1c-2sc2ccccc12. The molecule has 0 unspecified atom stereocenters. The predicted molar refractivity (Wildman–Crippen MR) is 86.0 cm³/mol. The van der Waals surface area contributed by atoms with E-state index >= 15 is 0 Å². The van der Waals surface area contributed by atoms with Gasteiger partial charge in [0.25, 0.3) is 0 Å². The standard InChI is InChI=1S/C17H12N2S/c1-2-6-12-11(5-1)16-15(19-10-9-18-17(12)19)13-7-3-4-8-14(13)20-16/h1-8H,9-10H2. The van der Waals surface area contributed by atoms with Crippen molar-refractivity contribution >= 4 is 32.9 Å². The zero-order valence-electron chi connectivity index (χ0n) is 10.8. The molecule has 5 rings (SSSR count). The van der Waals surface area contributed by atoms with E-state index in [1.54, 1.807) is 0 Å². The monoisotopic (exact) mass is 276 g/mol. The van der Waals surface area contributed by atoms with Crippen molar-refractivity contribution in [1.29, 1.82) is 0 Å². The Balaban J connectivity index is 1.96. The lowest BCUT2D eigenvalue weighted by Gasteiger charge is -2.28. The highest BCUT2D eigenvalue weighted by atomic mass is 32.1. The van der Waals surface area contributed by atoms with E-state index in [9.17, 15) is 0 Å². The molecule has 3 aromatic rings. The molecular weight excluding hydrogens is 264 g/mol. The Kier molecular flexibility index (Phi) is 1.97. The molecule has 0 bridgehead atoms. The molecule has 0 aliphatic carbocycles. The van der Waals surface area contributed by atoms with Gasteiger partial charge in [0.15, 0.2) is 0 Å². The lowest BCUT2D eigenvalue weighted by molar-refractivity contribution is 1.03. The highest BCUT2D eigenvalue weighted by Gasteiger charge is 2.32. The average molecular weight is 276 g/mol. The molecule has 0 N–H and O–H groups in total. The molecule has 0 fully saturated rings. The van der Waals surface area contributed by atoms with Crippen molar-refractivity contribution in [3.8, 4) is 10.4 Å². The van der Waals surface area contributed by atoms with Crippen LogP contribution in [-0.4, -0.2) is 18.9 Å². The van der Waals surface area contributed by atoms with Gasteiger partial charge in [-0.1, -0.05) is 42.5 Å². The van der Waals surface area contributed by atoms with Gasteiger partial charge in [-0.15, -0.1) is 11.3 Å². The lowest BCUT2D eigenvalue weighted by Crippen LogP contribution is -2.31. The zero-order chi connectivity index (χ0) is 13.1. The van der Waals surface area contributed by atoms with E-state index in [-0.39, 0.29) is 0 Å². The van der Waals surface area contributed by atoms with Crippen molar-refractivity contribution in [2.45, 2.75) is 0 Å². The second-order valence-electron chi connectivity index (χ2n) is 5.18. The summed E-state index contributed by atoms with van der Waals surface area (Å²) in [4.78, 5) is 8.52. The van der Waals surface area contributed by atoms with Crippen LogP contribution < -0.4 is 4.90 Å². The Morgan fingerprint density at radius 1 is 0.950 bits per heavy atom. The summed E-state index contributed by atoms with van der Waals surface area (Å²) in [5.74, 6) is 1.15. The Morgan fingerprint density at radius 2 is 1.75 bits per heavy atom. The molecule has 0 atom stereocenters. The van der Waals surface area contributed by atoms with E-state index < -0.39 is 0 Å². The van der Waals surface area contributed by atoms with Crippen LogP contribution in [0.25, 0.3) is 20.5 Å². The Labute approximate surface area is 121 Å². The highest BCUT2D eigenvalue weighted by molar-refractivity contribution is 7.23. The summed E-state index contributed by atoms with van der Waals surface area (Å²) < 4.78 is 1.36. The summed E-state index contributed by atoms with van der Waals surface area (Å²) in [5.41, 5.74) is 3.98. The number of benzene rings is 2. The number of rotatable bonds is 0. The van der Waals surface area contributed by atoms with Crippen molar-refractivity contribution in [3.63, 3.8) is 0 Å². The summed E-state index contributed by atoms with van der Waals surface area (Å²) in [6, 6.07) is 17.3. The minimum Gasteiger partial charge on any atom is -0.322 e. The number of anilines is 1. The Hall–Kier alpha value is -2.13. The first-order valence-electron chi connectivity index (χ1n) is 6.87. The van der Waals surface area contributed by atoms with Gasteiger partial charge in [-0.2, -0.15) is 0 Å². The van der Waals surface area contributed by atoms with E-state index in [0.29, 0.717) is 0 Å². The molecule has 0 spiro atoms. The van der Waals surface area contributed by atoms with Crippen LogP contribution in [0.5, 0.6) is 0 Å². The molecule has 96 valence electrons. The fourth-order valence-corrected chi connectivity index (χ4v) is 4.50. The lowest BCUT2D eigenvalue weighted by atomic mass is 9.98. The predicted octanol–water partition coefficient (Wildman–Crippen LogP) is 4.15. The summed E-state index contributed by atoms with van der Waals surface area (Å²) in [6.07, 6.45) is 0. The van der Waals surface area contributed by atoms with Gasteiger partial charge in [0, 0.05) is 27.8 Å². The second-order valence-corrected chi connectivity index (χ2v) is 6.23. The van der Waals surface area contributed by atoms with Gasteiger partial charge in [0.2, 0.25) is 0 Å². The summed E-state index contributed by atoms with van der Waals surface area (Å²) in [6.45, 7) is 1.89. The van der Waals surface area contributed by atoms with Gasteiger partial charge in [0.05, 0.1) is 17.1 Å². The molecule has 3 heteroatoms. The number of amidine groups is 1. The molecule has 0 radical (unpaired) electrons. The van der Waals surface area contributed by atoms with Crippen LogP contribution in [0.1, 0.15) is 5.56 Å². The van der Waals surface area contributed by atoms with Crippen molar-refractivity contribution in [1.82, 2.24) is 0 Å². The van der Waals surface area contributed by atoms with E-state index in [1.165, 1.54) is 31.8 Å². The maximum absolute atomic E-state index is 4.73. The molecule has 0 saturated heterocycles. The third-order valence-corrected chi connectivity index (χ3v) is 5.29. The molecule has 0 amide bonds. The third kappa shape index (κ3) is 1.21. The molecule has 2 nitrogen and oxygen atoms in total. The van der Waals surface area contributed by atoms with Gasteiger partial charge in [0.1, 0.15) is 5.84 Å². The van der Waals surface area contributed by atoms with Crippen molar-refractivity contribution < 1.29 is 0 Å². The highest BCUT2D eigenvalue weighted by Crippen LogP contribution is 2.49. The Bertz CT molecular complexity index is 876. The van der Waals surface area contributed by atoms with E-state index in [2.05, 4.69) is 53.4 Å². The third-order valence-electron chi connectivity index (χ3n) is 4.09. The van der Waals surface area contributed by atoms with E-state index in [1.807, 2.05) is 11.3 Å². The van der Waals surface area contributed by atoms with E-state index in [4.69, 9.17) is 4.99 Å². The first kappa shape index (κ1) is 10.6. The van der Waals surface area contributed by atoms with Crippen LogP contribution in [-0.2, 0) is 0 Å². The second kappa shape index (κ2) is 3.70. The fourth-order valence-electron chi connectivity index (χ4n) is 3.25. The maximum atomic E-state index is 4.73. The number of hydrogen-bond donors (Lipinski definition) is 0. The normalized spacial score (nSPS) is 15.8. The van der Waals surface area contributed by atoms with Crippen LogP contribution in [0.3, 0.4) is 0 Å². The van der Waals surface area contributed by atoms with Crippen LogP contribution in [0.15, 0.2) is 53.5 Å². The molecule has 3 heterocycles. The van der Waals surface area contributed by atoms with Crippen LogP contribution in [0, 0.1) is 0 Å². The number of aliphatic imine (C=N–C) groups is 1. The molecule has 0 saturated carbocycles. The Morgan fingerprint density at radius 3 is 2.70 bits per heavy atom. The number of fused-ring (bicyclic) bond motifs is 8. The topological polar surface area (TPSA) is 15.6 Å². The number of hydrogen-bond acceptors (Lipinski definition) is 3. The quantitative estimate of drug-likeness (QED) is 0.602. The number of nitrogens with zero attached hydrogens (tertiary/aromatic N) is 2. The smallest absolute Gasteiger partial charge is 0.136 e. The van der Waals surface area contributed by atoms with Gasteiger partial charge in [-0.05, 0) is 6.07 Å². The zero-order valence-corrected chi connectivity index (χ0v) is 11.7. The number of thiophene rings is 1. The minimum atomic E-state index is 0.896. The molecular formula is C17H12N2S. The first-order valence-corrected chi connectivity index (χ1v) is 7.68. The van der Waals surface area contributed by atoms with Crippen molar-refractivity contribution in [2.24, 2.45) is 4.99 Å². The van der Waals surface area contributed by atoms with Gasteiger partial charge in [-0.3, -0.25) is 4.99 Å². The molecule has 2 aliphatic rings. The molecule has 20 heavy (non-hydrogen) atoms. The van der Waals surface area contributed by atoms with Crippen molar-refractivity contribution in [3.05, 3.63) is 54.1 Å². The molecule has 1 aromatic heterocycles. The summed E-state index contributed by atoms with van der Waals surface area (Å²) in [7, 11) is 0. The maximum Gasteiger partial charge on any atom is 0.136 e. The molecule has 2 aromatic carbocycles. The average Bonchev–Trinajstić information content (AvgIpc) is 3.11. The summed E-state index contributed by atoms with van der Waals surface area (Å²) >= 11 is 1.89. The van der Waals surface area contributed by atoms with Gasteiger partial charge >= 0.3 is 0 Å². The summed E-state index contributed by atoms with van der Waals surface area (Å²) in [5, 5.41) is 1.36. The fraction of sp³-hybridized carbons (Fsp3) is 0.118. The molecule has 2 aliphatic heterocycles. The largest absolute Gasteiger partial charge is 0.322 e. The van der Waals surface area contributed by atoms with Crippen LogP contribution in [0.2, 0.25) is 0 Å². The van der Waals surface area contributed by atoms with Gasteiger partial charge in [-0.25, -0.2) is 0 Å². The van der Waals surface area contributed by atoms with Crippen LogP contribution in [0.4, 0.5) is 5.69 Å². The minimum absolute atomic E-state index is 0.896. The van der Waals surface area contributed by atoms with Crippen LogP contribution >= 0.6 is 11.3 Å². The first-order chi connectivity index (χ1) is 9.93.